The Morgan fingerprint density at radius 2 is 2.25 bits per heavy atom. The molecule has 3 nitrogen and oxygen atoms in total. The first kappa shape index (κ1) is 11.4. The van der Waals surface area contributed by atoms with Crippen molar-refractivity contribution in [2.45, 2.75) is 25.4 Å². The Kier molecular flexibility index (Phi) is 3.46. The van der Waals surface area contributed by atoms with Gasteiger partial charge >= 0.3 is 0 Å². The maximum Gasteiger partial charge on any atom is 0.217 e. The van der Waals surface area contributed by atoms with Gasteiger partial charge in [-0.05, 0) is 18.1 Å². The van der Waals surface area contributed by atoms with E-state index in [1.807, 2.05) is 24.3 Å². The quantitative estimate of drug-likeness (QED) is 0.795. The zero-order chi connectivity index (χ0) is 11.5. The van der Waals surface area contributed by atoms with Gasteiger partial charge in [0.1, 0.15) is 0 Å². The number of hydrogen-bond donors (Lipinski definition) is 1. The second-order valence-electron chi connectivity index (χ2n) is 4.18. The zero-order valence-corrected chi connectivity index (χ0v) is 9.78. The summed E-state index contributed by atoms with van der Waals surface area (Å²) in [5, 5.41) is 0.808. The minimum Gasteiger partial charge on any atom is -0.370 e. The molecule has 0 spiro atoms. The summed E-state index contributed by atoms with van der Waals surface area (Å²) in [4.78, 5) is 12.9. The van der Waals surface area contributed by atoms with Crippen molar-refractivity contribution in [2.24, 2.45) is 5.73 Å². The number of primary amides is 1. The van der Waals surface area contributed by atoms with Crippen LogP contribution in [0.4, 0.5) is 0 Å². The van der Waals surface area contributed by atoms with Crippen molar-refractivity contribution in [3.05, 3.63) is 34.9 Å². The Balaban J connectivity index is 1.81. The number of hydrogen-bond acceptors (Lipinski definition) is 2. The molecule has 0 aliphatic carbocycles. The molecule has 2 N–H and O–H groups in total. The average Bonchev–Trinajstić information content (AvgIpc) is 2.97. The van der Waals surface area contributed by atoms with Crippen LogP contribution in [-0.2, 0) is 11.3 Å². The lowest BCUT2D eigenvalue weighted by atomic mass is 10.2. The van der Waals surface area contributed by atoms with E-state index in [0.29, 0.717) is 12.5 Å². The smallest absolute Gasteiger partial charge is 0.217 e. The fraction of sp³-hybridized carbons (Fsp3) is 0.417. The summed E-state index contributed by atoms with van der Waals surface area (Å²) in [6.07, 6.45) is 1.34. The molecule has 2 atom stereocenters. The molecule has 1 aromatic carbocycles. The first-order chi connectivity index (χ1) is 7.66. The van der Waals surface area contributed by atoms with Crippen LogP contribution >= 0.6 is 11.6 Å². The van der Waals surface area contributed by atoms with Crippen molar-refractivity contribution in [3.63, 3.8) is 0 Å². The number of nitrogens with two attached hydrogens (primary N) is 1. The number of nitrogens with zero attached hydrogens (tertiary/aromatic N) is 1. The molecule has 1 aromatic rings. The van der Waals surface area contributed by atoms with Gasteiger partial charge in [0.15, 0.2) is 0 Å². The maximum atomic E-state index is 10.6. The lowest BCUT2D eigenvalue weighted by Gasteiger charge is -2.05. The van der Waals surface area contributed by atoms with Gasteiger partial charge in [0.05, 0.1) is 0 Å². The average molecular weight is 239 g/mol. The summed E-state index contributed by atoms with van der Waals surface area (Å²) in [5.74, 6) is -0.218. The van der Waals surface area contributed by atoms with Gasteiger partial charge in [-0.1, -0.05) is 29.8 Å². The summed E-state index contributed by atoms with van der Waals surface area (Å²) < 4.78 is 0. The lowest BCUT2D eigenvalue weighted by molar-refractivity contribution is -0.118. The van der Waals surface area contributed by atoms with E-state index in [-0.39, 0.29) is 5.91 Å². The van der Waals surface area contributed by atoms with E-state index in [2.05, 4.69) is 4.90 Å². The third kappa shape index (κ3) is 2.97. The van der Waals surface area contributed by atoms with E-state index in [4.69, 9.17) is 17.3 Å². The SMILES string of the molecule is NC(=O)CCC1CN1Cc1ccccc1Cl. The molecule has 86 valence electrons. The highest BCUT2D eigenvalue weighted by Crippen LogP contribution is 2.27. The molecule has 1 heterocycles. The number of rotatable bonds is 5. The molecule has 2 rings (SSSR count). The van der Waals surface area contributed by atoms with E-state index in [0.717, 1.165) is 30.1 Å². The largest absolute Gasteiger partial charge is 0.370 e. The first-order valence-corrected chi connectivity index (χ1v) is 5.80. The van der Waals surface area contributed by atoms with Crippen molar-refractivity contribution in [2.75, 3.05) is 6.54 Å². The van der Waals surface area contributed by atoms with Crippen LogP contribution in [-0.4, -0.2) is 23.4 Å². The highest BCUT2D eigenvalue weighted by Gasteiger charge is 2.33. The Morgan fingerprint density at radius 1 is 1.50 bits per heavy atom. The number of amides is 1. The standard InChI is InChI=1S/C12H15ClN2O/c13-11-4-2-1-3-9(11)7-15-8-10(15)5-6-12(14)16/h1-4,10H,5-8H2,(H2,14,16). The predicted molar refractivity (Wildman–Crippen MR) is 64.1 cm³/mol. The van der Waals surface area contributed by atoms with Gasteiger partial charge in [-0.2, -0.15) is 0 Å². The summed E-state index contributed by atoms with van der Waals surface area (Å²) >= 11 is 6.07. The van der Waals surface area contributed by atoms with Crippen LogP contribution in [0.25, 0.3) is 0 Å². The van der Waals surface area contributed by atoms with Crippen LogP contribution in [0.15, 0.2) is 24.3 Å². The van der Waals surface area contributed by atoms with Crippen LogP contribution in [0.2, 0.25) is 5.02 Å². The van der Waals surface area contributed by atoms with Crippen molar-refractivity contribution in [3.8, 4) is 0 Å². The third-order valence-corrected chi connectivity index (χ3v) is 3.25. The highest BCUT2D eigenvalue weighted by atomic mass is 35.5. The van der Waals surface area contributed by atoms with Gasteiger partial charge in [-0.15, -0.1) is 0 Å². The molecule has 2 unspecified atom stereocenters. The minimum atomic E-state index is -0.218. The molecular weight excluding hydrogens is 224 g/mol. The van der Waals surface area contributed by atoms with Gasteiger partial charge in [-0.25, -0.2) is 0 Å². The van der Waals surface area contributed by atoms with Gasteiger partial charge in [0.25, 0.3) is 0 Å². The van der Waals surface area contributed by atoms with E-state index < -0.39 is 0 Å². The van der Waals surface area contributed by atoms with Crippen molar-refractivity contribution in [1.29, 1.82) is 0 Å². The molecule has 4 heteroatoms. The second kappa shape index (κ2) is 4.85. The molecule has 0 radical (unpaired) electrons. The van der Waals surface area contributed by atoms with Crippen LogP contribution < -0.4 is 5.73 Å². The van der Waals surface area contributed by atoms with Crippen molar-refractivity contribution >= 4 is 17.5 Å². The Bertz CT molecular complexity index is 394. The zero-order valence-electron chi connectivity index (χ0n) is 9.03. The number of benzene rings is 1. The number of carbonyl (C=O) groups excluding carboxylic acids is 1. The third-order valence-electron chi connectivity index (χ3n) is 2.88. The summed E-state index contributed by atoms with van der Waals surface area (Å²) in [7, 11) is 0. The molecule has 16 heavy (non-hydrogen) atoms. The number of carbonyl (C=O) groups is 1. The minimum absolute atomic E-state index is 0.218. The first-order valence-electron chi connectivity index (χ1n) is 5.42. The second-order valence-corrected chi connectivity index (χ2v) is 4.59. The van der Waals surface area contributed by atoms with E-state index in [1.165, 1.54) is 0 Å². The Morgan fingerprint density at radius 3 is 2.94 bits per heavy atom. The van der Waals surface area contributed by atoms with Crippen LogP contribution in [0.5, 0.6) is 0 Å². The fourth-order valence-corrected chi connectivity index (χ4v) is 2.04. The molecule has 0 bridgehead atoms. The van der Waals surface area contributed by atoms with Crippen LogP contribution in [0.3, 0.4) is 0 Å². The van der Waals surface area contributed by atoms with Crippen molar-refractivity contribution < 1.29 is 4.79 Å². The van der Waals surface area contributed by atoms with Gasteiger partial charge < -0.3 is 5.73 Å². The van der Waals surface area contributed by atoms with Gasteiger partial charge in [-0.3, -0.25) is 9.69 Å². The van der Waals surface area contributed by atoms with Gasteiger partial charge in [0, 0.05) is 30.6 Å². The molecule has 0 aromatic heterocycles. The maximum absolute atomic E-state index is 10.6. The predicted octanol–water partition coefficient (Wildman–Crippen LogP) is 1.79. The molecule has 1 aliphatic heterocycles. The lowest BCUT2D eigenvalue weighted by Crippen LogP contribution is -2.12. The normalized spacial score (nSPS) is 23.1. The van der Waals surface area contributed by atoms with E-state index >= 15 is 0 Å². The van der Waals surface area contributed by atoms with Crippen molar-refractivity contribution in [1.82, 2.24) is 4.90 Å². The topological polar surface area (TPSA) is 46.1 Å². The van der Waals surface area contributed by atoms with Crippen LogP contribution in [0.1, 0.15) is 18.4 Å². The Labute approximate surface area is 100 Å². The summed E-state index contributed by atoms with van der Waals surface area (Å²) in [5.41, 5.74) is 6.26. The highest BCUT2D eigenvalue weighted by molar-refractivity contribution is 6.31. The molecule has 1 saturated heterocycles. The van der Waals surface area contributed by atoms with E-state index in [1.54, 1.807) is 0 Å². The monoisotopic (exact) mass is 238 g/mol. The molecule has 1 aliphatic rings. The molecule has 1 fully saturated rings. The van der Waals surface area contributed by atoms with Gasteiger partial charge in [0.2, 0.25) is 5.91 Å². The van der Waals surface area contributed by atoms with Crippen LogP contribution in [0, 0.1) is 0 Å². The summed E-state index contributed by atoms with van der Waals surface area (Å²) in [6.45, 7) is 1.90. The van der Waals surface area contributed by atoms with E-state index in [9.17, 15) is 4.79 Å². The number of halogens is 1. The Hall–Kier alpha value is -1.06. The fourth-order valence-electron chi connectivity index (χ4n) is 1.85. The molecule has 0 saturated carbocycles. The molecular formula is C12H15ClN2O. The molecule has 1 amide bonds. The summed E-state index contributed by atoms with van der Waals surface area (Å²) in [6, 6.07) is 8.36.